The highest BCUT2D eigenvalue weighted by molar-refractivity contribution is 6.33. The first kappa shape index (κ1) is 20.4. The number of nitrogens with zero attached hydrogens (tertiary/aromatic N) is 3. The molecule has 0 unspecified atom stereocenters. The Morgan fingerprint density at radius 1 is 0.964 bits per heavy atom. The van der Waals surface area contributed by atoms with Crippen LogP contribution in [0, 0.1) is 11.3 Å². The Morgan fingerprint density at radius 3 is 2.32 bits per heavy atom. The molecule has 1 heterocycles. The number of anilines is 2. The summed E-state index contributed by atoms with van der Waals surface area (Å²) < 4.78 is 5.84. The fraction of sp³-hybridized carbons (Fsp3) is 0.435. The minimum Gasteiger partial charge on any atom is -0.494 e. The van der Waals surface area contributed by atoms with Crippen molar-refractivity contribution in [1.82, 2.24) is 0 Å². The van der Waals surface area contributed by atoms with E-state index in [2.05, 4.69) is 47.1 Å². The zero-order valence-corrected chi connectivity index (χ0v) is 17.3. The van der Waals surface area contributed by atoms with Crippen LogP contribution in [0.15, 0.2) is 42.5 Å². The lowest BCUT2D eigenvalue weighted by atomic mass is 10.2. The zero-order chi connectivity index (χ0) is 19.8. The molecule has 0 N–H and O–H groups in total. The quantitative estimate of drug-likeness (QED) is 0.551. The highest BCUT2D eigenvalue weighted by Gasteiger charge is 2.19. The van der Waals surface area contributed by atoms with Gasteiger partial charge in [-0.2, -0.15) is 5.26 Å². The first-order valence-electron chi connectivity index (χ1n) is 10.1. The molecule has 148 valence electrons. The lowest BCUT2D eigenvalue weighted by Crippen LogP contribution is -2.46. The Labute approximate surface area is 173 Å². The van der Waals surface area contributed by atoms with E-state index in [1.807, 2.05) is 12.1 Å². The Morgan fingerprint density at radius 2 is 1.68 bits per heavy atom. The molecule has 1 aliphatic heterocycles. The Hall–Kier alpha value is -2.38. The summed E-state index contributed by atoms with van der Waals surface area (Å²) in [5.74, 6) is 0.947. The number of piperazine rings is 1. The van der Waals surface area contributed by atoms with Crippen LogP contribution in [0.2, 0.25) is 5.02 Å². The van der Waals surface area contributed by atoms with Gasteiger partial charge in [0.05, 0.1) is 28.9 Å². The van der Waals surface area contributed by atoms with Crippen LogP contribution < -0.4 is 14.5 Å². The summed E-state index contributed by atoms with van der Waals surface area (Å²) in [5.41, 5.74) is 2.83. The number of ether oxygens (including phenoxy) is 1. The predicted octanol–water partition coefficient (Wildman–Crippen LogP) is 5.50. The predicted molar refractivity (Wildman–Crippen MR) is 117 cm³/mol. The van der Waals surface area contributed by atoms with E-state index in [0.29, 0.717) is 10.6 Å². The average Bonchev–Trinajstić information content (AvgIpc) is 2.74. The van der Waals surface area contributed by atoms with E-state index in [1.54, 1.807) is 6.07 Å². The third kappa shape index (κ3) is 5.33. The third-order valence-electron chi connectivity index (χ3n) is 5.17. The molecule has 0 spiro atoms. The molecule has 0 aromatic heterocycles. The smallest absolute Gasteiger partial charge is 0.119 e. The van der Waals surface area contributed by atoms with Gasteiger partial charge in [0.2, 0.25) is 0 Å². The lowest BCUT2D eigenvalue weighted by Gasteiger charge is -2.37. The zero-order valence-electron chi connectivity index (χ0n) is 16.5. The van der Waals surface area contributed by atoms with Gasteiger partial charge in [0, 0.05) is 31.9 Å². The van der Waals surface area contributed by atoms with Crippen LogP contribution in [-0.4, -0.2) is 32.8 Å². The van der Waals surface area contributed by atoms with E-state index in [1.165, 1.54) is 24.9 Å². The summed E-state index contributed by atoms with van der Waals surface area (Å²) in [7, 11) is 0. The molecule has 0 radical (unpaired) electrons. The Bertz CT molecular complexity index is 792. The van der Waals surface area contributed by atoms with Crippen molar-refractivity contribution < 1.29 is 4.74 Å². The lowest BCUT2D eigenvalue weighted by molar-refractivity contribution is 0.305. The van der Waals surface area contributed by atoms with Gasteiger partial charge in [-0.1, -0.05) is 37.8 Å². The van der Waals surface area contributed by atoms with Crippen molar-refractivity contribution in [2.75, 3.05) is 42.6 Å². The summed E-state index contributed by atoms with van der Waals surface area (Å²) >= 11 is 6.36. The maximum Gasteiger partial charge on any atom is 0.119 e. The molecule has 2 aromatic carbocycles. The molecule has 1 saturated heterocycles. The van der Waals surface area contributed by atoms with Crippen LogP contribution in [0.4, 0.5) is 11.4 Å². The maximum atomic E-state index is 8.99. The van der Waals surface area contributed by atoms with Crippen LogP contribution in [0.1, 0.15) is 38.2 Å². The van der Waals surface area contributed by atoms with Crippen molar-refractivity contribution in [2.45, 2.75) is 32.6 Å². The Kier molecular flexibility index (Phi) is 7.45. The molecule has 1 fully saturated rings. The van der Waals surface area contributed by atoms with Crippen LogP contribution in [0.3, 0.4) is 0 Å². The minimum atomic E-state index is 0.597. The first-order chi connectivity index (χ1) is 13.7. The van der Waals surface area contributed by atoms with Crippen molar-refractivity contribution in [3.63, 3.8) is 0 Å². The fourth-order valence-corrected chi connectivity index (χ4v) is 3.81. The second-order valence-electron chi connectivity index (χ2n) is 7.16. The van der Waals surface area contributed by atoms with Gasteiger partial charge >= 0.3 is 0 Å². The van der Waals surface area contributed by atoms with E-state index in [0.717, 1.165) is 50.6 Å². The van der Waals surface area contributed by atoms with E-state index in [9.17, 15) is 0 Å². The third-order valence-corrected chi connectivity index (χ3v) is 5.47. The summed E-state index contributed by atoms with van der Waals surface area (Å²) in [6, 6.07) is 16.1. The molecule has 1 aliphatic rings. The topological polar surface area (TPSA) is 39.5 Å². The molecule has 3 rings (SSSR count). The second-order valence-corrected chi connectivity index (χ2v) is 7.56. The molecule has 0 aliphatic carbocycles. The number of benzene rings is 2. The van der Waals surface area contributed by atoms with Gasteiger partial charge < -0.3 is 14.5 Å². The number of rotatable bonds is 8. The van der Waals surface area contributed by atoms with Crippen LogP contribution >= 0.6 is 11.6 Å². The van der Waals surface area contributed by atoms with Gasteiger partial charge in [0.25, 0.3) is 0 Å². The molecule has 0 saturated carbocycles. The highest BCUT2D eigenvalue weighted by Crippen LogP contribution is 2.29. The SMILES string of the molecule is CCCCCCOc1ccc(N2CCN(c3ccc(C#N)cc3Cl)CC2)cc1. The van der Waals surface area contributed by atoms with Crippen molar-refractivity contribution in [2.24, 2.45) is 0 Å². The molecule has 2 aromatic rings. The van der Waals surface area contributed by atoms with Crippen LogP contribution in [0.25, 0.3) is 0 Å². The van der Waals surface area contributed by atoms with E-state index in [4.69, 9.17) is 21.6 Å². The number of nitriles is 1. The monoisotopic (exact) mass is 397 g/mol. The largest absolute Gasteiger partial charge is 0.494 e. The summed E-state index contributed by atoms with van der Waals surface area (Å²) in [6.45, 7) is 6.70. The average molecular weight is 398 g/mol. The van der Waals surface area contributed by atoms with Crippen molar-refractivity contribution >= 4 is 23.0 Å². The summed E-state index contributed by atoms with van der Waals surface area (Å²) in [5, 5.41) is 9.63. The van der Waals surface area contributed by atoms with E-state index < -0.39 is 0 Å². The molecule has 0 bridgehead atoms. The van der Waals surface area contributed by atoms with Gasteiger partial charge in [0.15, 0.2) is 0 Å². The number of hydrogen-bond acceptors (Lipinski definition) is 4. The van der Waals surface area contributed by atoms with Gasteiger partial charge in [-0.3, -0.25) is 0 Å². The molecular weight excluding hydrogens is 370 g/mol. The number of halogens is 1. The van der Waals surface area contributed by atoms with Crippen molar-refractivity contribution in [1.29, 1.82) is 5.26 Å². The fourth-order valence-electron chi connectivity index (χ4n) is 3.51. The molecule has 0 amide bonds. The summed E-state index contributed by atoms with van der Waals surface area (Å²) in [6.07, 6.45) is 4.89. The Balaban J connectivity index is 1.50. The standard InChI is InChI=1S/C23H28ClN3O/c1-2-3-4-5-16-28-21-9-7-20(8-10-21)26-12-14-27(15-13-26)23-11-6-19(18-25)17-22(23)24/h6-11,17H,2-5,12-16H2,1H3. The first-order valence-corrected chi connectivity index (χ1v) is 10.5. The molecular formula is C23H28ClN3O. The van der Waals surface area contributed by atoms with Crippen molar-refractivity contribution in [3.05, 3.63) is 53.1 Å². The number of unbranched alkanes of at least 4 members (excludes halogenated alkanes) is 3. The molecule has 4 nitrogen and oxygen atoms in total. The number of hydrogen-bond donors (Lipinski definition) is 0. The van der Waals surface area contributed by atoms with Gasteiger partial charge in [-0.15, -0.1) is 0 Å². The second kappa shape index (κ2) is 10.2. The van der Waals surface area contributed by atoms with Crippen LogP contribution in [-0.2, 0) is 0 Å². The van der Waals surface area contributed by atoms with Gasteiger partial charge in [-0.25, -0.2) is 0 Å². The van der Waals surface area contributed by atoms with E-state index in [-0.39, 0.29) is 0 Å². The minimum absolute atomic E-state index is 0.597. The van der Waals surface area contributed by atoms with Crippen LogP contribution in [0.5, 0.6) is 5.75 Å². The van der Waals surface area contributed by atoms with Crippen molar-refractivity contribution in [3.8, 4) is 11.8 Å². The molecule has 28 heavy (non-hydrogen) atoms. The van der Waals surface area contributed by atoms with Gasteiger partial charge in [-0.05, 0) is 48.9 Å². The van der Waals surface area contributed by atoms with E-state index >= 15 is 0 Å². The maximum absolute atomic E-state index is 8.99. The normalized spacial score (nSPS) is 14.0. The van der Waals surface area contributed by atoms with Gasteiger partial charge in [0.1, 0.15) is 5.75 Å². The summed E-state index contributed by atoms with van der Waals surface area (Å²) in [4.78, 5) is 4.67. The highest BCUT2D eigenvalue weighted by atomic mass is 35.5. The molecule has 5 heteroatoms. The molecule has 0 atom stereocenters.